The Morgan fingerprint density at radius 1 is 1.24 bits per heavy atom. The smallest absolute Gasteiger partial charge is 0.0970 e. The van der Waals surface area contributed by atoms with Crippen LogP contribution in [0, 0.1) is 5.92 Å². The molecule has 1 unspecified atom stereocenters. The molecule has 92 valence electrons. The maximum atomic E-state index is 11.1. The van der Waals surface area contributed by atoms with Crippen LogP contribution in [0.3, 0.4) is 0 Å². The molecule has 1 fully saturated rings. The highest BCUT2D eigenvalue weighted by Crippen LogP contribution is 2.52. The van der Waals surface area contributed by atoms with Crippen molar-refractivity contribution in [1.82, 2.24) is 0 Å². The Hall–Kier alpha value is -1.08. The van der Waals surface area contributed by atoms with Crippen molar-refractivity contribution in [2.75, 3.05) is 0 Å². The van der Waals surface area contributed by atoms with E-state index in [-0.39, 0.29) is 5.41 Å². The van der Waals surface area contributed by atoms with Gasteiger partial charge in [0.1, 0.15) is 0 Å². The monoisotopic (exact) mass is 230 g/mol. The number of hydrogen-bond acceptors (Lipinski definition) is 1. The third-order valence-corrected chi connectivity index (χ3v) is 4.27. The van der Waals surface area contributed by atoms with Crippen LogP contribution in [0.25, 0.3) is 0 Å². The Morgan fingerprint density at radius 3 is 2.18 bits per heavy atom. The Bertz CT molecular complexity index is 414. The van der Waals surface area contributed by atoms with Gasteiger partial charge in [0.25, 0.3) is 0 Å². The van der Waals surface area contributed by atoms with Gasteiger partial charge in [-0.15, -0.1) is 0 Å². The van der Waals surface area contributed by atoms with Crippen LogP contribution in [0.2, 0.25) is 0 Å². The minimum Gasteiger partial charge on any atom is -0.384 e. The fraction of sp³-hybridized carbons (Fsp3) is 0.500. The first-order valence-corrected chi connectivity index (χ1v) is 6.34. The molecule has 1 nitrogen and oxygen atoms in total. The predicted molar refractivity (Wildman–Crippen MR) is 72.0 cm³/mol. The van der Waals surface area contributed by atoms with Crippen LogP contribution in [0.4, 0.5) is 0 Å². The fourth-order valence-corrected chi connectivity index (χ4v) is 2.97. The molecular weight excluding hydrogens is 208 g/mol. The van der Waals surface area contributed by atoms with Gasteiger partial charge in [0.05, 0.1) is 5.60 Å². The van der Waals surface area contributed by atoms with Gasteiger partial charge in [0.15, 0.2) is 0 Å². The van der Waals surface area contributed by atoms with Crippen LogP contribution in [-0.2, 0) is 5.41 Å². The summed E-state index contributed by atoms with van der Waals surface area (Å²) in [5, 5.41) is 11.1. The van der Waals surface area contributed by atoms with Crippen molar-refractivity contribution >= 4 is 0 Å². The molecule has 1 aliphatic rings. The second kappa shape index (κ2) is 3.99. The van der Waals surface area contributed by atoms with Crippen LogP contribution in [-0.4, -0.2) is 10.7 Å². The molecule has 1 aromatic carbocycles. The first-order chi connectivity index (χ1) is 7.90. The van der Waals surface area contributed by atoms with Gasteiger partial charge in [-0.2, -0.15) is 0 Å². The molecule has 17 heavy (non-hydrogen) atoms. The van der Waals surface area contributed by atoms with Gasteiger partial charge < -0.3 is 5.11 Å². The van der Waals surface area contributed by atoms with Crippen LogP contribution in [0.1, 0.15) is 39.2 Å². The van der Waals surface area contributed by atoms with E-state index in [0.29, 0.717) is 5.92 Å². The van der Waals surface area contributed by atoms with Gasteiger partial charge in [-0.1, -0.05) is 50.8 Å². The summed E-state index contributed by atoms with van der Waals surface area (Å²) in [4.78, 5) is 0. The molecule has 1 aromatic rings. The molecule has 1 atom stereocenters. The van der Waals surface area contributed by atoms with E-state index in [2.05, 4.69) is 32.6 Å². The highest BCUT2D eigenvalue weighted by molar-refractivity contribution is 5.35. The van der Waals surface area contributed by atoms with E-state index < -0.39 is 5.60 Å². The summed E-state index contributed by atoms with van der Waals surface area (Å²) in [6.45, 7) is 10.2. The van der Waals surface area contributed by atoms with Gasteiger partial charge in [-0.25, -0.2) is 0 Å². The van der Waals surface area contributed by atoms with Crippen molar-refractivity contribution in [1.29, 1.82) is 0 Å². The predicted octanol–water partition coefficient (Wildman–Crippen LogP) is 3.68. The summed E-state index contributed by atoms with van der Waals surface area (Å²) >= 11 is 0. The molecule has 0 radical (unpaired) electrons. The van der Waals surface area contributed by atoms with Crippen molar-refractivity contribution in [2.24, 2.45) is 5.92 Å². The molecule has 0 bridgehead atoms. The van der Waals surface area contributed by atoms with Gasteiger partial charge >= 0.3 is 0 Å². The number of hydrogen-bond donors (Lipinski definition) is 1. The van der Waals surface area contributed by atoms with Crippen molar-refractivity contribution in [3.05, 3.63) is 48.0 Å². The maximum Gasteiger partial charge on any atom is 0.0970 e. The number of benzene rings is 1. The zero-order valence-electron chi connectivity index (χ0n) is 11.0. The lowest BCUT2D eigenvalue weighted by molar-refractivity contribution is -0.0115. The topological polar surface area (TPSA) is 20.2 Å². The fourth-order valence-electron chi connectivity index (χ4n) is 2.97. The average molecular weight is 230 g/mol. The summed E-state index contributed by atoms with van der Waals surface area (Å²) in [6.07, 6.45) is 2.22. The van der Waals surface area contributed by atoms with Gasteiger partial charge in [0.2, 0.25) is 0 Å². The molecule has 0 heterocycles. The Labute approximate surface area is 104 Å². The van der Waals surface area contributed by atoms with Crippen molar-refractivity contribution < 1.29 is 5.11 Å². The molecule has 0 aromatic heterocycles. The Morgan fingerprint density at radius 2 is 1.76 bits per heavy atom. The summed E-state index contributed by atoms with van der Waals surface area (Å²) in [6, 6.07) is 10.3. The molecule has 1 saturated carbocycles. The SMILES string of the molecule is C=C(C)C(O)(C1CC1)C(C)(C)c1ccccc1. The van der Waals surface area contributed by atoms with Gasteiger partial charge in [-0.05, 0) is 36.8 Å². The molecular formula is C16H22O. The summed E-state index contributed by atoms with van der Waals surface area (Å²) in [7, 11) is 0. The third-order valence-electron chi connectivity index (χ3n) is 4.27. The molecule has 0 amide bonds. The Kier molecular flexibility index (Phi) is 2.90. The zero-order valence-corrected chi connectivity index (χ0v) is 11.0. The van der Waals surface area contributed by atoms with E-state index in [1.807, 2.05) is 25.1 Å². The van der Waals surface area contributed by atoms with E-state index in [4.69, 9.17) is 0 Å². The van der Waals surface area contributed by atoms with Crippen molar-refractivity contribution in [3.63, 3.8) is 0 Å². The van der Waals surface area contributed by atoms with E-state index in [1.54, 1.807) is 0 Å². The summed E-state index contributed by atoms with van der Waals surface area (Å²) in [5.41, 5.74) is 0.988. The van der Waals surface area contributed by atoms with E-state index in [1.165, 1.54) is 5.56 Å². The molecule has 1 heteroatoms. The minimum atomic E-state index is -0.783. The standard InChI is InChI=1S/C16H22O/c1-12(2)16(17,14-10-11-14)15(3,4)13-8-6-5-7-9-13/h5-9,14,17H,1,10-11H2,2-4H3. The van der Waals surface area contributed by atoms with E-state index in [9.17, 15) is 5.11 Å². The lowest BCUT2D eigenvalue weighted by Gasteiger charge is -2.44. The molecule has 2 rings (SSSR count). The van der Waals surface area contributed by atoms with Crippen LogP contribution in [0.5, 0.6) is 0 Å². The zero-order chi connectivity index (χ0) is 12.7. The van der Waals surface area contributed by atoms with Crippen LogP contribution >= 0.6 is 0 Å². The highest BCUT2D eigenvalue weighted by Gasteiger charge is 2.54. The number of aliphatic hydroxyl groups is 1. The third kappa shape index (κ3) is 1.83. The van der Waals surface area contributed by atoms with E-state index >= 15 is 0 Å². The molecule has 0 saturated heterocycles. The average Bonchev–Trinajstić information content (AvgIpc) is 3.12. The number of rotatable bonds is 4. The van der Waals surface area contributed by atoms with Crippen LogP contribution in [0.15, 0.2) is 42.5 Å². The largest absolute Gasteiger partial charge is 0.384 e. The van der Waals surface area contributed by atoms with Crippen molar-refractivity contribution in [3.8, 4) is 0 Å². The maximum absolute atomic E-state index is 11.1. The molecule has 1 N–H and O–H groups in total. The first kappa shape index (κ1) is 12.4. The van der Waals surface area contributed by atoms with E-state index in [0.717, 1.165) is 18.4 Å². The van der Waals surface area contributed by atoms with Gasteiger partial charge in [0, 0.05) is 5.41 Å². The second-order valence-electron chi connectivity index (χ2n) is 5.81. The molecule has 0 spiro atoms. The van der Waals surface area contributed by atoms with Crippen LogP contribution < -0.4 is 0 Å². The quantitative estimate of drug-likeness (QED) is 0.782. The lowest BCUT2D eigenvalue weighted by Crippen LogP contribution is -2.50. The molecule has 0 aliphatic heterocycles. The summed E-state index contributed by atoms with van der Waals surface area (Å²) < 4.78 is 0. The Balaban J connectivity index is 2.45. The highest BCUT2D eigenvalue weighted by atomic mass is 16.3. The van der Waals surface area contributed by atoms with Crippen molar-refractivity contribution in [2.45, 2.75) is 44.6 Å². The minimum absolute atomic E-state index is 0.290. The summed E-state index contributed by atoms with van der Waals surface area (Å²) in [5.74, 6) is 0.371. The molecule has 1 aliphatic carbocycles. The lowest BCUT2D eigenvalue weighted by atomic mass is 9.64. The first-order valence-electron chi connectivity index (χ1n) is 6.34. The second-order valence-corrected chi connectivity index (χ2v) is 5.81. The van der Waals surface area contributed by atoms with Gasteiger partial charge in [-0.3, -0.25) is 0 Å². The normalized spacial score (nSPS) is 19.8.